The molecule has 1 unspecified atom stereocenters. The second-order valence-electron chi connectivity index (χ2n) is 4.42. The molecule has 19 heavy (non-hydrogen) atoms. The monoisotopic (exact) mass is 285 g/mol. The van der Waals surface area contributed by atoms with Crippen LogP contribution in [0.4, 0.5) is 5.69 Å². The summed E-state index contributed by atoms with van der Waals surface area (Å²) in [5.41, 5.74) is -0.00290. The molecule has 1 aromatic carbocycles. The number of nitro benzene ring substituents is 1. The maximum atomic E-state index is 11.7. The van der Waals surface area contributed by atoms with Crippen LogP contribution in [0.1, 0.15) is 37.0 Å². The molecule has 0 aliphatic carbocycles. The summed E-state index contributed by atoms with van der Waals surface area (Å²) in [7, 11) is 0. The summed E-state index contributed by atoms with van der Waals surface area (Å²) in [5.74, 6) is -0.220. The minimum Gasteiger partial charge on any atom is -0.462 e. The molecule has 0 heterocycles. The molecule has 0 amide bonds. The fraction of sp³-hybridized carbons (Fsp3) is 0.462. The van der Waals surface area contributed by atoms with Gasteiger partial charge in [0.25, 0.3) is 5.69 Å². The van der Waals surface area contributed by atoms with E-state index in [9.17, 15) is 14.9 Å². The number of hydrogen-bond acceptors (Lipinski definition) is 4. The Labute approximate surface area is 116 Å². The molecule has 0 fully saturated rings. The third-order valence-electron chi connectivity index (χ3n) is 2.66. The van der Waals surface area contributed by atoms with Gasteiger partial charge in [-0.1, -0.05) is 31.9 Å². The Bertz CT molecular complexity index is 476. The van der Waals surface area contributed by atoms with Crippen LogP contribution in [0.2, 0.25) is 5.02 Å². The Hall–Kier alpha value is -1.62. The Kier molecular flexibility index (Phi) is 5.76. The van der Waals surface area contributed by atoms with Crippen molar-refractivity contribution < 1.29 is 14.5 Å². The van der Waals surface area contributed by atoms with E-state index in [1.54, 1.807) is 0 Å². The highest BCUT2D eigenvalue weighted by Crippen LogP contribution is 2.25. The molecule has 0 spiro atoms. The number of hydrogen-bond donors (Lipinski definition) is 0. The van der Waals surface area contributed by atoms with E-state index in [0.29, 0.717) is 12.5 Å². The van der Waals surface area contributed by atoms with E-state index >= 15 is 0 Å². The van der Waals surface area contributed by atoms with E-state index in [0.717, 1.165) is 12.8 Å². The van der Waals surface area contributed by atoms with E-state index in [2.05, 4.69) is 6.92 Å². The van der Waals surface area contributed by atoms with Crippen LogP contribution in [-0.4, -0.2) is 17.5 Å². The van der Waals surface area contributed by atoms with Crippen LogP contribution in [0.15, 0.2) is 18.2 Å². The number of nitrogens with zero attached hydrogens (tertiary/aromatic N) is 1. The molecule has 0 radical (unpaired) electrons. The summed E-state index contributed by atoms with van der Waals surface area (Å²) >= 11 is 5.73. The zero-order chi connectivity index (χ0) is 14.4. The van der Waals surface area contributed by atoms with Gasteiger partial charge in [0.15, 0.2) is 0 Å². The molecule has 0 aliphatic rings. The van der Waals surface area contributed by atoms with E-state index < -0.39 is 10.9 Å². The lowest BCUT2D eigenvalue weighted by Crippen LogP contribution is -2.12. The maximum absolute atomic E-state index is 11.7. The second-order valence-corrected chi connectivity index (χ2v) is 4.82. The van der Waals surface area contributed by atoms with Crippen molar-refractivity contribution in [2.75, 3.05) is 6.61 Å². The van der Waals surface area contributed by atoms with E-state index in [-0.39, 0.29) is 16.3 Å². The number of esters is 1. The molecule has 0 aromatic heterocycles. The van der Waals surface area contributed by atoms with Crippen LogP contribution < -0.4 is 0 Å². The van der Waals surface area contributed by atoms with Crippen molar-refractivity contribution in [2.45, 2.75) is 26.7 Å². The van der Waals surface area contributed by atoms with Crippen molar-refractivity contribution in [3.63, 3.8) is 0 Å². The Morgan fingerprint density at radius 2 is 2.21 bits per heavy atom. The number of benzene rings is 1. The largest absolute Gasteiger partial charge is 0.462 e. The number of rotatable bonds is 6. The fourth-order valence-electron chi connectivity index (χ4n) is 1.66. The minimum absolute atomic E-state index is 0.0685. The summed E-state index contributed by atoms with van der Waals surface area (Å²) < 4.78 is 5.13. The van der Waals surface area contributed by atoms with Gasteiger partial charge in [-0.25, -0.2) is 4.79 Å². The molecule has 1 aromatic rings. The topological polar surface area (TPSA) is 69.4 Å². The summed E-state index contributed by atoms with van der Waals surface area (Å²) in [4.78, 5) is 21.7. The van der Waals surface area contributed by atoms with Crippen molar-refractivity contribution in [3.05, 3.63) is 38.9 Å². The Morgan fingerprint density at radius 1 is 1.53 bits per heavy atom. The van der Waals surface area contributed by atoms with Crippen LogP contribution in [0.5, 0.6) is 0 Å². The average molecular weight is 286 g/mol. The molecule has 1 rings (SSSR count). The smallest absolute Gasteiger partial charge is 0.338 e. The Morgan fingerprint density at radius 3 is 2.74 bits per heavy atom. The zero-order valence-electron chi connectivity index (χ0n) is 10.9. The number of carbonyl (C=O) groups excluding carboxylic acids is 1. The van der Waals surface area contributed by atoms with E-state index in [1.807, 2.05) is 6.92 Å². The summed E-state index contributed by atoms with van der Waals surface area (Å²) in [6, 6.07) is 3.80. The van der Waals surface area contributed by atoms with Crippen molar-refractivity contribution in [3.8, 4) is 0 Å². The first-order valence-electron chi connectivity index (χ1n) is 6.06. The van der Waals surface area contributed by atoms with Crippen molar-refractivity contribution in [1.82, 2.24) is 0 Å². The first-order valence-corrected chi connectivity index (χ1v) is 6.44. The van der Waals surface area contributed by atoms with Gasteiger partial charge >= 0.3 is 5.97 Å². The molecule has 5 nitrogen and oxygen atoms in total. The lowest BCUT2D eigenvalue weighted by Gasteiger charge is -2.10. The quantitative estimate of drug-likeness (QED) is 0.452. The third-order valence-corrected chi connectivity index (χ3v) is 2.96. The van der Waals surface area contributed by atoms with Crippen LogP contribution in [0.3, 0.4) is 0 Å². The van der Waals surface area contributed by atoms with Crippen molar-refractivity contribution in [1.29, 1.82) is 0 Å². The van der Waals surface area contributed by atoms with Gasteiger partial charge in [-0.2, -0.15) is 0 Å². The van der Waals surface area contributed by atoms with Gasteiger partial charge in [0.1, 0.15) is 5.02 Å². The van der Waals surface area contributed by atoms with Gasteiger partial charge in [0.05, 0.1) is 17.1 Å². The SMILES string of the molecule is CCCC(C)COC(=O)c1ccc([N+](=O)[O-])c(Cl)c1. The number of ether oxygens (including phenoxy) is 1. The second kappa shape index (κ2) is 7.09. The third kappa shape index (κ3) is 4.52. The van der Waals surface area contributed by atoms with Crippen LogP contribution in [0.25, 0.3) is 0 Å². The molecule has 1 atom stereocenters. The first-order chi connectivity index (χ1) is 8.95. The first kappa shape index (κ1) is 15.4. The number of halogens is 1. The molecule has 104 valence electrons. The van der Waals surface area contributed by atoms with Gasteiger partial charge in [0.2, 0.25) is 0 Å². The lowest BCUT2D eigenvalue weighted by molar-refractivity contribution is -0.384. The zero-order valence-corrected chi connectivity index (χ0v) is 11.6. The number of nitro groups is 1. The highest BCUT2D eigenvalue weighted by atomic mass is 35.5. The number of carbonyl (C=O) groups is 1. The van der Waals surface area contributed by atoms with Gasteiger partial charge in [-0.15, -0.1) is 0 Å². The van der Waals surface area contributed by atoms with Crippen LogP contribution in [0, 0.1) is 16.0 Å². The van der Waals surface area contributed by atoms with Crippen LogP contribution >= 0.6 is 11.6 Å². The van der Waals surface area contributed by atoms with Crippen molar-refractivity contribution in [2.24, 2.45) is 5.92 Å². The predicted octanol–water partition coefficient (Wildman–Crippen LogP) is 3.84. The molecule has 6 heteroatoms. The summed E-state index contributed by atoms with van der Waals surface area (Å²) in [6.07, 6.45) is 2.01. The predicted molar refractivity (Wildman–Crippen MR) is 72.5 cm³/mol. The standard InChI is InChI=1S/C13H16ClNO4/c1-3-4-9(2)8-19-13(16)10-5-6-12(15(17)18)11(14)7-10/h5-7,9H,3-4,8H2,1-2H3. The van der Waals surface area contributed by atoms with Gasteiger partial charge in [-0.3, -0.25) is 10.1 Å². The van der Waals surface area contributed by atoms with Crippen LogP contribution in [-0.2, 0) is 4.74 Å². The molecule has 0 saturated carbocycles. The fourth-order valence-corrected chi connectivity index (χ4v) is 1.91. The minimum atomic E-state index is -0.596. The molecule has 0 aliphatic heterocycles. The molecule has 0 N–H and O–H groups in total. The molecule has 0 bridgehead atoms. The molecular weight excluding hydrogens is 270 g/mol. The van der Waals surface area contributed by atoms with E-state index in [4.69, 9.17) is 16.3 Å². The van der Waals surface area contributed by atoms with E-state index in [1.165, 1.54) is 18.2 Å². The van der Waals surface area contributed by atoms with Crippen molar-refractivity contribution >= 4 is 23.3 Å². The van der Waals surface area contributed by atoms with Gasteiger partial charge < -0.3 is 4.74 Å². The Balaban J connectivity index is 2.68. The summed E-state index contributed by atoms with van der Waals surface area (Å²) in [5, 5.41) is 10.5. The normalized spacial score (nSPS) is 11.9. The summed E-state index contributed by atoms with van der Waals surface area (Å²) in [6.45, 7) is 4.40. The van der Waals surface area contributed by atoms with Gasteiger partial charge in [0, 0.05) is 6.07 Å². The lowest BCUT2D eigenvalue weighted by atomic mass is 10.1. The molecule has 0 saturated heterocycles. The highest BCUT2D eigenvalue weighted by molar-refractivity contribution is 6.33. The average Bonchev–Trinajstić information content (AvgIpc) is 2.35. The highest BCUT2D eigenvalue weighted by Gasteiger charge is 2.16. The van der Waals surface area contributed by atoms with Gasteiger partial charge in [-0.05, 0) is 24.5 Å². The maximum Gasteiger partial charge on any atom is 0.338 e. The molecular formula is C13H16ClNO4.